The van der Waals surface area contributed by atoms with Gasteiger partial charge in [0.1, 0.15) is 0 Å². The summed E-state index contributed by atoms with van der Waals surface area (Å²) < 4.78 is 13.0. The van der Waals surface area contributed by atoms with Crippen molar-refractivity contribution in [2.75, 3.05) is 12.1 Å². The van der Waals surface area contributed by atoms with Crippen LogP contribution in [0.5, 0.6) is 11.5 Å². The van der Waals surface area contributed by atoms with Gasteiger partial charge in [0.15, 0.2) is 11.5 Å². The van der Waals surface area contributed by atoms with E-state index in [1.165, 1.54) is 10.4 Å². The summed E-state index contributed by atoms with van der Waals surface area (Å²) in [6, 6.07) is 17.6. The summed E-state index contributed by atoms with van der Waals surface area (Å²) in [5.41, 5.74) is 4.12. The lowest BCUT2D eigenvalue weighted by Crippen LogP contribution is -2.28. The number of anilines is 1. The largest absolute Gasteiger partial charge is 0.454 e. The molecule has 2 aromatic heterocycles. The molecule has 0 atom stereocenters. The molecule has 4 aromatic rings. The third kappa shape index (κ3) is 3.27. The molecule has 1 aliphatic heterocycles. The van der Waals surface area contributed by atoms with Crippen molar-refractivity contribution < 1.29 is 14.3 Å². The quantitative estimate of drug-likeness (QED) is 0.453. The van der Waals surface area contributed by atoms with E-state index < -0.39 is 0 Å². The molecule has 2 aromatic carbocycles. The van der Waals surface area contributed by atoms with E-state index in [1.807, 2.05) is 6.07 Å². The first-order valence-corrected chi connectivity index (χ1v) is 10.7. The fraction of sp³-hybridized carbons (Fsp3) is 0.174. The molecule has 1 aliphatic rings. The Labute approximate surface area is 178 Å². The first-order valence-electron chi connectivity index (χ1n) is 9.83. The summed E-state index contributed by atoms with van der Waals surface area (Å²) >= 11 is 1.71. The van der Waals surface area contributed by atoms with Crippen LogP contribution in [-0.4, -0.2) is 17.4 Å². The molecule has 6 nitrogen and oxygen atoms in total. The SMILES string of the molecule is CCn1c(-c2cccs2)c(CNC(=O)Nc2ccc3c(c2)OCO3)c2ccccc21. The second kappa shape index (κ2) is 7.76. The molecular formula is C23H21N3O3S. The number of aromatic nitrogens is 1. The molecule has 30 heavy (non-hydrogen) atoms. The molecule has 0 aliphatic carbocycles. The van der Waals surface area contributed by atoms with Crippen LogP contribution in [0.3, 0.4) is 0 Å². The van der Waals surface area contributed by atoms with Crippen LogP contribution in [0.1, 0.15) is 12.5 Å². The second-order valence-electron chi connectivity index (χ2n) is 6.94. The number of rotatable bonds is 5. The van der Waals surface area contributed by atoms with Gasteiger partial charge < -0.3 is 24.7 Å². The Balaban J connectivity index is 1.41. The van der Waals surface area contributed by atoms with Gasteiger partial charge in [-0.25, -0.2) is 4.79 Å². The summed E-state index contributed by atoms with van der Waals surface area (Å²) in [7, 11) is 0. The number of aryl methyl sites for hydroxylation is 1. The zero-order valence-electron chi connectivity index (χ0n) is 16.5. The van der Waals surface area contributed by atoms with Gasteiger partial charge in [-0.3, -0.25) is 0 Å². The number of ether oxygens (including phenoxy) is 2. The van der Waals surface area contributed by atoms with E-state index in [1.54, 1.807) is 29.5 Å². The minimum atomic E-state index is -0.265. The lowest BCUT2D eigenvalue weighted by Gasteiger charge is -2.11. The minimum Gasteiger partial charge on any atom is -0.454 e. The number of carbonyl (C=O) groups excluding carboxylic acids is 1. The van der Waals surface area contributed by atoms with E-state index in [4.69, 9.17) is 9.47 Å². The number of carbonyl (C=O) groups is 1. The van der Waals surface area contributed by atoms with Crippen molar-refractivity contribution in [2.45, 2.75) is 20.0 Å². The lowest BCUT2D eigenvalue weighted by molar-refractivity contribution is 0.174. The minimum absolute atomic E-state index is 0.206. The van der Waals surface area contributed by atoms with Crippen molar-refractivity contribution in [3.8, 4) is 22.1 Å². The van der Waals surface area contributed by atoms with Gasteiger partial charge in [0.25, 0.3) is 0 Å². The third-order valence-corrected chi connectivity index (χ3v) is 6.08. The van der Waals surface area contributed by atoms with Crippen LogP contribution >= 0.6 is 11.3 Å². The van der Waals surface area contributed by atoms with Gasteiger partial charge in [0.2, 0.25) is 6.79 Å². The van der Waals surface area contributed by atoms with Crippen LogP contribution in [-0.2, 0) is 13.1 Å². The average molecular weight is 420 g/mol. The van der Waals surface area contributed by atoms with Gasteiger partial charge in [-0.2, -0.15) is 0 Å². The number of nitrogens with zero attached hydrogens (tertiary/aromatic N) is 1. The van der Waals surface area contributed by atoms with Gasteiger partial charge in [-0.15, -0.1) is 11.3 Å². The molecule has 2 N–H and O–H groups in total. The Morgan fingerprint density at radius 1 is 1.10 bits per heavy atom. The number of thiophene rings is 1. The van der Waals surface area contributed by atoms with Crippen molar-refractivity contribution in [1.29, 1.82) is 0 Å². The van der Waals surface area contributed by atoms with Crippen molar-refractivity contribution >= 4 is 34.0 Å². The number of urea groups is 1. The fourth-order valence-corrected chi connectivity index (χ4v) is 4.70. The maximum absolute atomic E-state index is 12.6. The Hall–Kier alpha value is -3.45. The number of para-hydroxylation sites is 1. The normalized spacial score (nSPS) is 12.3. The first-order chi connectivity index (χ1) is 14.7. The summed E-state index contributed by atoms with van der Waals surface area (Å²) in [6.07, 6.45) is 0. The molecule has 0 fully saturated rings. The maximum atomic E-state index is 12.6. The predicted octanol–water partition coefficient (Wildman–Crippen LogP) is 5.44. The number of hydrogen-bond donors (Lipinski definition) is 2. The highest BCUT2D eigenvalue weighted by Crippen LogP contribution is 2.36. The maximum Gasteiger partial charge on any atom is 0.319 e. The number of hydrogen-bond acceptors (Lipinski definition) is 4. The Kier molecular flexibility index (Phi) is 4.80. The molecule has 3 heterocycles. The molecule has 0 spiro atoms. The van der Waals surface area contributed by atoms with Crippen LogP contribution in [0.4, 0.5) is 10.5 Å². The topological polar surface area (TPSA) is 64.5 Å². The Morgan fingerprint density at radius 2 is 1.97 bits per heavy atom. The predicted molar refractivity (Wildman–Crippen MR) is 119 cm³/mol. The van der Waals surface area contributed by atoms with Crippen molar-refractivity contribution in [2.24, 2.45) is 0 Å². The highest BCUT2D eigenvalue weighted by molar-refractivity contribution is 7.13. The fourth-order valence-electron chi connectivity index (χ4n) is 3.90. The van der Waals surface area contributed by atoms with Crippen LogP contribution < -0.4 is 20.1 Å². The van der Waals surface area contributed by atoms with Gasteiger partial charge >= 0.3 is 6.03 Å². The summed E-state index contributed by atoms with van der Waals surface area (Å²) in [4.78, 5) is 13.8. The van der Waals surface area contributed by atoms with Crippen LogP contribution in [0.25, 0.3) is 21.5 Å². The van der Waals surface area contributed by atoms with E-state index in [9.17, 15) is 4.79 Å². The van der Waals surface area contributed by atoms with Crippen molar-refractivity contribution in [3.63, 3.8) is 0 Å². The highest BCUT2D eigenvalue weighted by atomic mass is 32.1. The van der Waals surface area contributed by atoms with Gasteiger partial charge in [0.05, 0.1) is 10.6 Å². The zero-order chi connectivity index (χ0) is 20.5. The highest BCUT2D eigenvalue weighted by Gasteiger charge is 2.19. The van der Waals surface area contributed by atoms with Crippen LogP contribution in [0, 0.1) is 0 Å². The molecule has 5 rings (SSSR count). The monoisotopic (exact) mass is 419 g/mol. The van der Waals surface area contributed by atoms with Crippen LogP contribution in [0.15, 0.2) is 60.0 Å². The van der Waals surface area contributed by atoms with E-state index in [0.717, 1.165) is 23.2 Å². The summed E-state index contributed by atoms with van der Waals surface area (Å²) in [5, 5.41) is 9.13. The molecule has 0 radical (unpaired) electrons. The molecular weight excluding hydrogens is 398 g/mol. The molecule has 0 saturated carbocycles. The molecule has 0 bridgehead atoms. The number of amides is 2. The number of nitrogens with one attached hydrogen (secondary N) is 2. The Morgan fingerprint density at radius 3 is 2.80 bits per heavy atom. The van der Waals surface area contributed by atoms with E-state index >= 15 is 0 Å². The van der Waals surface area contributed by atoms with Gasteiger partial charge in [0, 0.05) is 41.3 Å². The molecule has 0 saturated heterocycles. The summed E-state index contributed by atoms with van der Waals surface area (Å²) in [6.45, 7) is 3.64. The average Bonchev–Trinajstić information content (AvgIpc) is 3.50. The number of benzene rings is 2. The van der Waals surface area contributed by atoms with Crippen molar-refractivity contribution in [1.82, 2.24) is 9.88 Å². The molecule has 0 unspecified atom stereocenters. The first kappa shape index (κ1) is 18.6. The number of fused-ring (bicyclic) bond motifs is 2. The van der Waals surface area contributed by atoms with Crippen LogP contribution in [0.2, 0.25) is 0 Å². The van der Waals surface area contributed by atoms with Gasteiger partial charge in [-0.05, 0) is 36.6 Å². The molecule has 7 heteroatoms. The molecule has 2 amide bonds. The lowest BCUT2D eigenvalue weighted by atomic mass is 10.1. The summed E-state index contributed by atoms with van der Waals surface area (Å²) in [5.74, 6) is 1.33. The molecule has 152 valence electrons. The smallest absolute Gasteiger partial charge is 0.319 e. The van der Waals surface area contributed by atoms with E-state index in [0.29, 0.717) is 23.7 Å². The Bertz CT molecular complexity index is 1210. The van der Waals surface area contributed by atoms with Gasteiger partial charge in [-0.1, -0.05) is 24.3 Å². The van der Waals surface area contributed by atoms with Crippen molar-refractivity contribution in [3.05, 3.63) is 65.5 Å². The second-order valence-corrected chi connectivity index (χ2v) is 7.89. The standard InChI is InChI=1S/C23H21N3O3S/c1-2-26-18-7-4-3-6-16(18)17(22(26)21-8-5-11-30-21)13-24-23(27)25-15-9-10-19-20(12-15)29-14-28-19/h3-12H,2,13-14H2,1H3,(H2,24,25,27). The zero-order valence-corrected chi connectivity index (χ0v) is 17.3. The van der Waals surface area contributed by atoms with E-state index in [2.05, 4.69) is 57.8 Å². The third-order valence-electron chi connectivity index (χ3n) is 5.20. The van der Waals surface area contributed by atoms with E-state index in [-0.39, 0.29) is 12.8 Å².